The highest BCUT2D eigenvalue weighted by molar-refractivity contribution is 5.31. The van der Waals surface area contributed by atoms with E-state index in [1.54, 1.807) is 37.3 Å². The average molecular weight is 318 g/mol. The Morgan fingerprint density at radius 2 is 1.96 bits per heavy atom. The maximum atomic E-state index is 12.7. The second-order valence-electron chi connectivity index (χ2n) is 5.59. The van der Waals surface area contributed by atoms with Crippen LogP contribution in [0.2, 0.25) is 0 Å². The summed E-state index contributed by atoms with van der Waals surface area (Å²) in [5.74, 6) is 0. The van der Waals surface area contributed by atoms with Crippen LogP contribution in [0.15, 0.2) is 46.1 Å². The van der Waals surface area contributed by atoms with Crippen LogP contribution in [0.1, 0.15) is 18.2 Å². The fourth-order valence-electron chi connectivity index (χ4n) is 2.76. The van der Waals surface area contributed by atoms with Crippen molar-refractivity contribution in [3.05, 3.63) is 62.9 Å². The van der Waals surface area contributed by atoms with Crippen molar-refractivity contribution in [2.75, 3.05) is 6.61 Å². The van der Waals surface area contributed by atoms with Gasteiger partial charge in [-0.3, -0.25) is 9.36 Å². The Morgan fingerprint density at radius 1 is 1.26 bits per heavy atom. The van der Waals surface area contributed by atoms with Gasteiger partial charge in [0.1, 0.15) is 12.3 Å². The van der Waals surface area contributed by atoms with Crippen molar-refractivity contribution in [1.82, 2.24) is 9.13 Å². The van der Waals surface area contributed by atoms with Gasteiger partial charge in [0.2, 0.25) is 0 Å². The van der Waals surface area contributed by atoms with Crippen molar-refractivity contribution in [3.8, 4) is 5.69 Å². The molecule has 1 aromatic carbocycles. The first-order valence-electron chi connectivity index (χ1n) is 7.37. The van der Waals surface area contributed by atoms with Gasteiger partial charge in [-0.25, -0.2) is 9.36 Å². The first kappa shape index (κ1) is 15.7. The molecule has 7 heteroatoms. The van der Waals surface area contributed by atoms with E-state index in [9.17, 15) is 19.8 Å². The molecule has 3 atom stereocenters. The van der Waals surface area contributed by atoms with Gasteiger partial charge in [0.25, 0.3) is 5.56 Å². The number of ether oxygens (including phenoxy) is 1. The van der Waals surface area contributed by atoms with E-state index in [0.29, 0.717) is 11.3 Å². The molecule has 0 saturated carbocycles. The number of para-hydroxylation sites is 1. The van der Waals surface area contributed by atoms with Crippen LogP contribution < -0.4 is 11.2 Å². The van der Waals surface area contributed by atoms with Gasteiger partial charge in [0.05, 0.1) is 18.4 Å². The van der Waals surface area contributed by atoms with Crippen molar-refractivity contribution in [3.63, 3.8) is 0 Å². The van der Waals surface area contributed by atoms with Crippen molar-refractivity contribution in [2.45, 2.75) is 31.8 Å². The zero-order valence-corrected chi connectivity index (χ0v) is 12.6. The molecule has 1 fully saturated rings. The Kier molecular flexibility index (Phi) is 4.16. The lowest BCUT2D eigenvalue weighted by atomic mass is 10.2. The van der Waals surface area contributed by atoms with Crippen molar-refractivity contribution < 1.29 is 14.9 Å². The number of hydrogen-bond acceptors (Lipinski definition) is 5. The van der Waals surface area contributed by atoms with Gasteiger partial charge in [0.15, 0.2) is 0 Å². The molecule has 2 aromatic rings. The predicted octanol–water partition coefficient (Wildman–Crippen LogP) is -0.0517. The Labute approximate surface area is 132 Å². The zero-order valence-electron chi connectivity index (χ0n) is 12.6. The van der Waals surface area contributed by atoms with Gasteiger partial charge in [-0.05, 0) is 19.1 Å². The highest BCUT2D eigenvalue weighted by Crippen LogP contribution is 2.27. The number of nitrogens with zero attached hydrogens (tertiary/aromatic N) is 2. The van der Waals surface area contributed by atoms with Crippen LogP contribution in [0.4, 0.5) is 0 Å². The molecular weight excluding hydrogens is 300 g/mol. The Bertz CT molecular complexity index is 811. The van der Waals surface area contributed by atoms with Crippen molar-refractivity contribution in [2.24, 2.45) is 0 Å². The molecule has 122 valence electrons. The minimum Gasteiger partial charge on any atom is -0.394 e. The molecule has 0 bridgehead atoms. The SMILES string of the molecule is Cc1cn([C@H]2C[C@H](O)[C@@H](CO)O2)c(=O)n(-c2ccccc2)c1=O. The number of aliphatic hydroxyl groups is 2. The fourth-order valence-corrected chi connectivity index (χ4v) is 2.76. The molecule has 7 nitrogen and oxygen atoms in total. The largest absolute Gasteiger partial charge is 0.394 e. The number of benzene rings is 1. The molecule has 0 spiro atoms. The number of aromatic nitrogens is 2. The molecule has 0 amide bonds. The molecule has 2 heterocycles. The maximum Gasteiger partial charge on any atom is 0.337 e. The van der Waals surface area contributed by atoms with E-state index in [0.717, 1.165) is 4.57 Å². The van der Waals surface area contributed by atoms with E-state index < -0.39 is 29.7 Å². The van der Waals surface area contributed by atoms with E-state index in [1.807, 2.05) is 0 Å². The summed E-state index contributed by atoms with van der Waals surface area (Å²) in [7, 11) is 0. The van der Waals surface area contributed by atoms with Crippen LogP contribution in [0.3, 0.4) is 0 Å². The lowest BCUT2D eigenvalue weighted by Crippen LogP contribution is -2.41. The smallest absolute Gasteiger partial charge is 0.337 e. The summed E-state index contributed by atoms with van der Waals surface area (Å²) in [5, 5.41) is 19.0. The molecule has 1 aliphatic heterocycles. The molecule has 3 rings (SSSR count). The van der Waals surface area contributed by atoms with Crippen molar-refractivity contribution in [1.29, 1.82) is 0 Å². The van der Waals surface area contributed by atoms with E-state index >= 15 is 0 Å². The summed E-state index contributed by atoms with van der Waals surface area (Å²) < 4.78 is 7.90. The summed E-state index contributed by atoms with van der Waals surface area (Å²) in [6.45, 7) is 1.29. The molecule has 1 aromatic heterocycles. The van der Waals surface area contributed by atoms with E-state index in [1.165, 1.54) is 10.8 Å². The van der Waals surface area contributed by atoms with Crippen LogP contribution in [0.5, 0.6) is 0 Å². The lowest BCUT2D eigenvalue weighted by molar-refractivity contribution is -0.0461. The lowest BCUT2D eigenvalue weighted by Gasteiger charge is -2.17. The van der Waals surface area contributed by atoms with Crippen LogP contribution in [-0.4, -0.2) is 38.2 Å². The summed E-state index contributed by atoms with van der Waals surface area (Å²) in [4.78, 5) is 25.1. The van der Waals surface area contributed by atoms with E-state index in [-0.39, 0.29) is 13.0 Å². The zero-order chi connectivity index (χ0) is 16.6. The fraction of sp³-hybridized carbons (Fsp3) is 0.375. The van der Waals surface area contributed by atoms with Crippen molar-refractivity contribution >= 4 is 0 Å². The maximum absolute atomic E-state index is 12.7. The minimum atomic E-state index is -0.852. The summed E-state index contributed by atoms with van der Waals surface area (Å²) in [6.07, 6.45) is -0.693. The Hall–Kier alpha value is -2.22. The van der Waals surface area contributed by atoms with Gasteiger partial charge < -0.3 is 14.9 Å². The van der Waals surface area contributed by atoms with Gasteiger partial charge in [-0.2, -0.15) is 0 Å². The third-order valence-corrected chi connectivity index (χ3v) is 3.99. The second kappa shape index (κ2) is 6.11. The van der Waals surface area contributed by atoms with E-state index in [4.69, 9.17) is 4.74 Å². The Morgan fingerprint density at radius 3 is 2.57 bits per heavy atom. The first-order chi connectivity index (χ1) is 11.0. The van der Waals surface area contributed by atoms with Crippen LogP contribution in [-0.2, 0) is 4.74 Å². The molecule has 23 heavy (non-hydrogen) atoms. The number of aliphatic hydroxyl groups excluding tert-OH is 2. The van der Waals surface area contributed by atoms with E-state index in [2.05, 4.69) is 0 Å². The minimum absolute atomic E-state index is 0.178. The Balaban J connectivity index is 2.12. The highest BCUT2D eigenvalue weighted by Gasteiger charge is 2.35. The van der Waals surface area contributed by atoms with Crippen LogP contribution >= 0.6 is 0 Å². The topological polar surface area (TPSA) is 93.7 Å². The normalized spacial score (nSPS) is 24.0. The molecule has 2 N–H and O–H groups in total. The summed E-state index contributed by atoms with van der Waals surface area (Å²) in [5.41, 5.74) is -0.0755. The summed E-state index contributed by atoms with van der Waals surface area (Å²) >= 11 is 0. The standard InChI is InChI=1S/C16H18N2O5/c1-10-8-17(14-7-12(20)13(9-19)23-14)16(22)18(15(10)21)11-5-3-2-4-6-11/h2-6,8,12-14,19-20H,7,9H2,1H3/t12-,13+,14+/m0/s1. The molecule has 1 aliphatic rings. The third kappa shape index (κ3) is 2.74. The monoisotopic (exact) mass is 318 g/mol. The second-order valence-corrected chi connectivity index (χ2v) is 5.59. The number of rotatable bonds is 3. The molecule has 0 radical (unpaired) electrons. The number of aryl methyl sites for hydroxylation is 1. The quantitative estimate of drug-likeness (QED) is 0.827. The van der Waals surface area contributed by atoms with Gasteiger partial charge in [0, 0.05) is 18.2 Å². The van der Waals surface area contributed by atoms with Crippen LogP contribution in [0.25, 0.3) is 5.69 Å². The van der Waals surface area contributed by atoms with Gasteiger partial charge >= 0.3 is 5.69 Å². The average Bonchev–Trinajstić information content (AvgIpc) is 2.93. The highest BCUT2D eigenvalue weighted by atomic mass is 16.5. The number of hydrogen-bond donors (Lipinski definition) is 2. The molecule has 1 saturated heterocycles. The molecular formula is C16H18N2O5. The third-order valence-electron chi connectivity index (χ3n) is 3.99. The molecule has 0 aliphatic carbocycles. The van der Waals surface area contributed by atoms with Gasteiger partial charge in [-0.1, -0.05) is 18.2 Å². The predicted molar refractivity (Wildman–Crippen MR) is 82.7 cm³/mol. The first-order valence-corrected chi connectivity index (χ1v) is 7.37. The van der Waals surface area contributed by atoms with Crippen LogP contribution in [0, 0.1) is 6.92 Å². The molecule has 0 unspecified atom stereocenters. The summed E-state index contributed by atoms with van der Waals surface area (Å²) in [6, 6.07) is 8.63. The van der Waals surface area contributed by atoms with Gasteiger partial charge in [-0.15, -0.1) is 0 Å².